The summed E-state index contributed by atoms with van der Waals surface area (Å²) in [6.45, 7) is 7.84. The van der Waals surface area contributed by atoms with Gasteiger partial charge in [0.1, 0.15) is 16.4 Å². The molecule has 0 bridgehead atoms. The lowest BCUT2D eigenvalue weighted by Crippen LogP contribution is -2.22. The lowest BCUT2D eigenvalue weighted by atomic mass is 10.1. The van der Waals surface area contributed by atoms with Crippen molar-refractivity contribution >= 4 is 21.4 Å². The fourth-order valence-electron chi connectivity index (χ4n) is 2.74. The fraction of sp³-hybridized carbons (Fsp3) is 0.368. The van der Waals surface area contributed by atoms with Crippen LogP contribution in [0, 0.1) is 6.92 Å². The molecular weight excluding hydrogens is 352 g/mol. The Morgan fingerprint density at radius 1 is 1.00 bits per heavy atom. The molecule has 26 heavy (non-hydrogen) atoms. The summed E-state index contributed by atoms with van der Waals surface area (Å²) >= 11 is 0. The minimum Gasteiger partial charge on any atom is -0.497 e. The van der Waals surface area contributed by atoms with Crippen LogP contribution in [-0.2, 0) is 10.0 Å². The standard InChI is InChI=1S/C19H26N2O4S/c1-6-21(7-2)15-8-10-17(14(3)12-15)20-26(22,23)19-13-16(24-4)9-11-18(19)25-5/h8-13,20H,6-7H2,1-5H3. The van der Waals surface area contributed by atoms with Crippen molar-refractivity contribution < 1.29 is 17.9 Å². The van der Waals surface area contributed by atoms with Gasteiger partial charge in [0.15, 0.2) is 0 Å². The van der Waals surface area contributed by atoms with E-state index < -0.39 is 10.0 Å². The van der Waals surface area contributed by atoms with E-state index >= 15 is 0 Å². The summed E-state index contributed by atoms with van der Waals surface area (Å²) in [5.41, 5.74) is 2.44. The number of aryl methyl sites for hydroxylation is 1. The van der Waals surface area contributed by atoms with Gasteiger partial charge in [0, 0.05) is 24.8 Å². The molecule has 0 amide bonds. The number of nitrogens with one attached hydrogen (secondary N) is 1. The lowest BCUT2D eigenvalue weighted by molar-refractivity contribution is 0.392. The van der Waals surface area contributed by atoms with E-state index in [1.54, 1.807) is 18.2 Å². The van der Waals surface area contributed by atoms with Crippen molar-refractivity contribution in [1.29, 1.82) is 0 Å². The van der Waals surface area contributed by atoms with Gasteiger partial charge < -0.3 is 14.4 Å². The fourth-order valence-corrected chi connectivity index (χ4v) is 4.06. The first-order valence-corrected chi connectivity index (χ1v) is 9.95. The Hall–Kier alpha value is -2.41. The summed E-state index contributed by atoms with van der Waals surface area (Å²) in [6, 6.07) is 10.4. The quantitative estimate of drug-likeness (QED) is 0.759. The van der Waals surface area contributed by atoms with E-state index in [-0.39, 0.29) is 10.6 Å². The first kappa shape index (κ1) is 19.9. The van der Waals surface area contributed by atoms with Gasteiger partial charge in [-0.15, -0.1) is 0 Å². The molecular formula is C19H26N2O4S. The van der Waals surface area contributed by atoms with Gasteiger partial charge in [-0.1, -0.05) is 0 Å². The van der Waals surface area contributed by atoms with Gasteiger partial charge in [-0.2, -0.15) is 0 Å². The SMILES string of the molecule is CCN(CC)c1ccc(NS(=O)(=O)c2cc(OC)ccc2OC)c(C)c1. The van der Waals surface area contributed by atoms with Crippen LogP contribution in [0.4, 0.5) is 11.4 Å². The zero-order valence-corrected chi connectivity index (χ0v) is 16.7. The Morgan fingerprint density at radius 2 is 1.69 bits per heavy atom. The third-order valence-electron chi connectivity index (χ3n) is 4.24. The number of benzene rings is 2. The highest BCUT2D eigenvalue weighted by Crippen LogP contribution is 2.31. The maximum atomic E-state index is 12.9. The van der Waals surface area contributed by atoms with E-state index in [1.165, 1.54) is 20.3 Å². The summed E-state index contributed by atoms with van der Waals surface area (Å²) in [7, 11) is -0.901. The normalized spacial score (nSPS) is 11.1. The van der Waals surface area contributed by atoms with Gasteiger partial charge in [-0.05, 0) is 56.7 Å². The first-order chi connectivity index (χ1) is 12.4. The second kappa shape index (κ2) is 8.31. The largest absolute Gasteiger partial charge is 0.497 e. The molecule has 0 atom stereocenters. The molecule has 0 radical (unpaired) electrons. The number of anilines is 2. The zero-order chi connectivity index (χ0) is 19.3. The minimum absolute atomic E-state index is 0.0339. The molecule has 0 fully saturated rings. The van der Waals surface area contributed by atoms with Crippen LogP contribution in [0.1, 0.15) is 19.4 Å². The summed E-state index contributed by atoms with van der Waals surface area (Å²) < 4.78 is 38.7. The highest BCUT2D eigenvalue weighted by Gasteiger charge is 2.21. The van der Waals surface area contributed by atoms with E-state index in [0.717, 1.165) is 24.3 Å². The molecule has 2 aromatic carbocycles. The monoisotopic (exact) mass is 378 g/mol. The molecule has 0 unspecified atom stereocenters. The van der Waals surface area contributed by atoms with Crippen LogP contribution in [0.2, 0.25) is 0 Å². The number of sulfonamides is 1. The molecule has 2 aromatic rings. The van der Waals surface area contributed by atoms with Gasteiger partial charge in [0.2, 0.25) is 0 Å². The van der Waals surface area contributed by atoms with E-state index in [4.69, 9.17) is 9.47 Å². The summed E-state index contributed by atoms with van der Waals surface area (Å²) in [4.78, 5) is 2.24. The van der Waals surface area contributed by atoms with Crippen molar-refractivity contribution in [3.05, 3.63) is 42.0 Å². The van der Waals surface area contributed by atoms with Crippen LogP contribution in [0.25, 0.3) is 0 Å². The van der Waals surface area contributed by atoms with Crippen molar-refractivity contribution in [2.45, 2.75) is 25.7 Å². The van der Waals surface area contributed by atoms with Gasteiger partial charge in [-0.3, -0.25) is 4.72 Å². The second-order valence-corrected chi connectivity index (χ2v) is 7.44. The van der Waals surface area contributed by atoms with E-state index in [1.807, 2.05) is 19.1 Å². The number of ether oxygens (including phenoxy) is 2. The Morgan fingerprint density at radius 3 is 2.23 bits per heavy atom. The topological polar surface area (TPSA) is 67.9 Å². The lowest BCUT2D eigenvalue weighted by Gasteiger charge is -2.22. The Bertz CT molecular complexity index is 862. The van der Waals surface area contributed by atoms with Crippen molar-refractivity contribution in [3.8, 4) is 11.5 Å². The average Bonchev–Trinajstić information content (AvgIpc) is 2.64. The molecule has 0 aliphatic carbocycles. The maximum Gasteiger partial charge on any atom is 0.265 e. The predicted octanol–water partition coefficient (Wildman–Crippen LogP) is 3.66. The molecule has 1 N–H and O–H groups in total. The van der Waals surface area contributed by atoms with Crippen molar-refractivity contribution in [2.75, 3.05) is 36.9 Å². The van der Waals surface area contributed by atoms with Crippen molar-refractivity contribution in [2.24, 2.45) is 0 Å². The molecule has 142 valence electrons. The van der Waals surface area contributed by atoms with Crippen LogP contribution in [0.15, 0.2) is 41.3 Å². The third kappa shape index (κ3) is 4.22. The Kier molecular flexibility index (Phi) is 6.37. The van der Waals surface area contributed by atoms with Gasteiger partial charge in [0.05, 0.1) is 19.9 Å². The second-order valence-electron chi connectivity index (χ2n) is 5.79. The van der Waals surface area contributed by atoms with Crippen LogP contribution >= 0.6 is 0 Å². The first-order valence-electron chi connectivity index (χ1n) is 8.46. The number of rotatable bonds is 8. The molecule has 0 saturated heterocycles. The van der Waals surface area contributed by atoms with E-state index in [2.05, 4.69) is 23.5 Å². The molecule has 0 spiro atoms. The molecule has 6 nitrogen and oxygen atoms in total. The molecule has 0 saturated carbocycles. The predicted molar refractivity (Wildman–Crippen MR) is 105 cm³/mol. The van der Waals surface area contributed by atoms with Gasteiger partial charge >= 0.3 is 0 Å². The molecule has 0 aliphatic heterocycles. The smallest absolute Gasteiger partial charge is 0.265 e. The molecule has 0 aliphatic rings. The number of nitrogens with zero attached hydrogens (tertiary/aromatic N) is 1. The number of hydrogen-bond acceptors (Lipinski definition) is 5. The molecule has 7 heteroatoms. The molecule has 0 heterocycles. The van der Waals surface area contributed by atoms with E-state index in [0.29, 0.717) is 11.4 Å². The van der Waals surface area contributed by atoms with Crippen LogP contribution in [-0.4, -0.2) is 35.7 Å². The van der Waals surface area contributed by atoms with Crippen LogP contribution < -0.4 is 19.1 Å². The third-order valence-corrected chi connectivity index (χ3v) is 5.63. The van der Waals surface area contributed by atoms with Gasteiger partial charge in [0.25, 0.3) is 10.0 Å². The van der Waals surface area contributed by atoms with Crippen LogP contribution in [0.5, 0.6) is 11.5 Å². The summed E-state index contributed by atoms with van der Waals surface area (Å²) in [5.74, 6) is 0.704. The van der Waals surface area contributed by atoms with Crippen molar-refractivity contribution in [3.63, 3.8) is 0 Å². The Balaban J connectivity index is 2.38. The minimum atomic E-state index is -3.82. The summed E-state index contributed by atoms with van der Waals surface area (Å²) in [5, 5.41) is 0. The molecule has 2 rings (SSSR count). The van der Waals surface area contributed by atoms with E-state index in [9.17, 15) is 8.42 Å². The highest BCUT2D eigenvalue weighted by atomic mass is 32.2. The number of methoxy groups -OCH3 is 2. The number of hydrogen-bond donors (Lipinski definition) is 1. The summed E-state index contributed by atoms with van der Waals surface area (Å²) in [6.07, 6.45) is 0. The average molecular weight is 378 g/mol. The Labute approximate surface area is 155 Å². The maximum absolute atomic E-state index is 12.9. The van der Waals surface area contributed by atoms with Gasteiger partial charge in [-0.25, -0.2) is 8.42 Å². The highest BCUT2D eigenvalue weighted by molar-refractivity contribution is 7.92. The molecule has 0 aromatic heterocycles. The zero-order valence-electron chi connectivity index (χ0n) is 15.9. The van der Waals surface area contributed by atoms with Crippen LogP contribution in [0.3, 0.4) is 0 Å². The van der Waals surface area contributed by atoms with Crippen molar-refractivity contribution in [1.82, 2.24) is 0 Å².